The van der Waals surface area contributed by atoms with E-state index in [1.54, 1.807) is 0 Å². The summed E-state index contributed by atoms with van der Waals surface area (Å²) in [5.41, 5.74) is 3.99. The second-order valence-corrected chi connectivity index (χ2v) is 14.0. The molecule has 1 aromatic carbocycles. The van der Waals surface area contributed by atoms with E-state index in [2.05, 4.69) is 52.0 Å². The zero-order valence-corrected chi connectivity index (χ0v) is 19.4. The van der Waals surface area contributed by atoms with Crippen molar-refractivity contribution in [3.8, 4) is 0 Å². The van der Waals surface area contributed by atoms with Crippen molar-refractivity contribution in [2.45, 2.75) is 115 Å². The minimum Gasteiger partial charge on any atom is -0.0683 e. The Labute approximate surface area is 165 Å². The van der Waals surface area contributed by atoms with Gasteiger partial charge in [-0.3, -0.25) is 0 Å². The van der Waals surface area contributed by atoms with Gasteiger partial charge in [-0.2, -0.15) is 0 Å². The van der Waals surface area contributed by atoms with Gasteiger partial charge in [-0.25, -0.2) is 0 Å². The molecule has 2 fully saturated rings. The highest BCUT2D eigenvalue weighted by atomic mass is 31.1. The molecule has 2 saturated heterocycles. The fourth-order valence-corrected chi connectivity index (χ4v) is 13.9. The van der Waals surface area contributed by atoms with E-state index >= 15 is 0 Å². The monoisotopic (exact) mass is 390 g/mol. The summed E-state index contributed by atoms with van der Waals surface area (Å²) in [5, 5.41) is 3.72. The van der Waals surface area contributed by atoms with Crippen molar-refractivity contribution < 1.29 is 0 Å². The molecule has 3 rings (SSSR count). The second kappa shape index (κ2) is 10.0. The first-order valence-corrected chi connectivity index (χ1v) is 14.4. The van der Waals surface area contributed by atoms with Gasteiger partial charge in [0.1, 0.15) is 0 Å². The largest absolute Gasteiger partial charge is 0.0683 e. The van der Waals surface area contributed by atoms with Crippen molar-refractivity contribution in [1.82, 2.24) is 0 Å². The third kappa shape index (κ3) is 4.23. The van der Waals surface area contributed by atoms with E-state index in [0.29, 0.717) is 0 Å². The molecule has 0 amide bonds. The molecule has 6 unspecified atom stereocenters. The van der Waals surface area contributed by atoms with Gasteiger partial charge in [-0.15, -0.1) is 0 Å². The number of rotatable bonds is 8. The summed E-state index contributed by atoms with van der Waals surface area (Å²) in [4.78, 5) is 0. The molecule has 0 saturated carbocycles. The fourth-order valence-electron chi connectivity index (χ4n) is 5.64. The van der Waals surface area contributed by atoms with E-state index in [-0.39, 0.29) is 15.8 Å². The van der Waals surface area contributed by atoms with Gasteiger partial charge in [0.2, 0.25) is 0 Å². The Morgan fingerprint density at radius 2 is 1.04 bits per heavy atom. The van der Waals surface area contributed by atoms with Crippen molar-refractivity contribution in [3.63, 3.8) is 0 Å². The maximum Gasteiger partial charge on any atom is -0.0158 e. The Balaban J connectivity index is 1.98. The van der Waals surface area contributed by atoms with Crippen molar-refractivity contribution >= 4 is 26.5 Å². The van der Waals surface area contributed by atoms with Crippen LogP contribution in [0.5, 0.6) is 0 Å². The SMILES string of the molecule is CCCC1CCC(CC)P1c1ccccc1P1C(CC)CCC1CCC. The molecule has 1 aromatic rings. The molecule has 0 N–H and O–H groups in total. The first-order valence-electron chi connectivity index (χ1n) is 11.4. The van der Waals surface area contributed by atoms with Crippen LogP contribution in [0.2, 0.25) is 0 Å². The lowest BCUT2D eigenvalue weighted by atomic mass is 10.1. The van der Waals surface area contributed by atoms with E-state index in [1.165, 1.54) is 64.2 Å². The van der Waals surface area contributed by atoms with E-state index in [1.807, 2.05) is 10.6 Å². The van der Waals surface area contributed by atoms with Crippen LogP contribution in [0.3, 0.4) is 0 Å². The van der Waals surface area contributed by atoms with Gasteiger partial charge in [0.05, 0.1) is 0 Å². The molecule has 0 spiro atoms. The summed E-state index contributed by atoms with van der Waals surface area (Å²) in [6.07, 6.45) is 14.4. The fraction of sp³-hybridized carbons (Fsp3) is 0.750. The summed E-state index contributed by atoms with van der Waals surface area (Å²) < 4.78 is 0. The van der Waals surface area contributed by atoms with E-state index in [9.17, 15) is 0 Å². The van der Waals surface area contributed by atoms with E-state index < -0.39 is 0 Å². The molecule has 6 atom stereocenters. The topological polar surface area (TPSA) is 0 Å². The smallest absolute Gasteiger partial charge is 0.0158 e. The standard InChI is InChI=1S/C24H40P2/c1-5-11-21-17-15-19(7-3)25(21)23-13-9-10-14-24(23)26-20(8-4)16-18-22(26)12-6-2/h9-10,13-14,19-22H,5-8,11-12,15-18H2,1-4H3. The normalized spacial score (nSPS) is 34.5. The maximum atomic E-state index is 2.58. The first-order chi connectivity index (χ1) is 12.7. The minimum absolute atomic E-state index is 0.0538. The van der Waals surface area contributed by atoms with Crippen LogP contribution in [0.4, 0.5) is 0 Å². The predicted octanol–water partition coefficient (Wildman–Crippen LogP) is 7.38. The van der Waals surface area contributed by atoms with Crippen LogP contribution in [0.15, 0.2) is 24.3 Å². The van der Waals surface area contributed by atoms with Crippen LogP contribution < -0.4 is 10.6 Å². The lowest BCUT2D eigenvalue weighted by Gasteiger charge is -2.33. The lowest BCUT2D eigenvalue weighted by Crippen LogP contribution is -2.30. The maximum absolute atomic E-state index is 2.58. The molecule has 2 heterocycles. The summed E-state index contributed by atoms with van der Waals surface area (Å²) >= 11 is 0. The molecule has 26 heavy (non-hydrogen) atoms. The Morgan fingerprint density at radius 1 is 0.654 bits per heavy atom. The van der Waals surface area contributed by atoms with Crippen LogP contribution in [0.1, 0.15) is 91.9 Å². The molecule has 0 radical (unpaired) electrons. The number of benzene rings is 1. The van der Waals surface area contributed by atoms with Crippen LogP contribution >= 0.6 is 15.8 Å². The second-order valence-electron chi connectivity index (χ2n) is 8.47. The Morgan fingerprint density at radius 3 is 1.38 bits per heavy atom. The van der Waals surface area contributed by atoms with Crippen LogP contribution in [-0.4, -0.2) is 22.6 Å². The molecule has 2 aliphatic heterocycles. The summed E-state index contributed by atoms with van der Waals surface area (Å²) in [6.45, 7) is 9.69. The predicted molar refractivity (Wildman–Crippen MR) is 124 cm³/mol. The molecule has 0 aliphatic carbocycles. The summed E-state index contributed by atoms with van der Waals surface area (Å²) in [6, 6.07) is 9.87. The molecule has 0 aromatic heterocycles. The van der Waals surface area contributed by atoms with Gasteiger partial charge in [0.25, 0.3) is 0 Å². The Hall–Kier alpha value is 0.0800. The molecular formula is C24H40P2. The Bertz CT molecular complexity index is 506. The third-order valence-electron chi connectivity index (χ3n) is 6.86. The van der Waals surface area contributed by atoms with Crippen molar-refractivity contribution in [2.75, 3.05) is 0 Å². The van der Waals surface area contributed by atoms with Crippen LogP contribution in [0.25, 0.3) is 0 Å². The highest BCUT2D eigenvalue weighted by Crippen LogP contribution is 2.61. The van der Waals surface area contributed by atoms with Crippen molar-refractivity contribution in [3.05, 3.63) is 24.3 Å². The third-order valence-corrected chi connectivity index (χ3v) is 14.4. The molecule has 0 bridgehead atoms. The number of hydrogen-bond acceptors (Lipinski definition) is 0. The van der Waals surface area contributed by atoms with Gasteiger partial charge in [0, 0.05) is 0 Å². The minimum atomic E-state index is 0.0538. The number of hydrogen-bond donors (Lipinski definition) is 0. The summed E-state index contributed by atoms with van der Waals surface area (Å²) in [7, 11) is 0.108. The molecule has 0 nitrogen and oxygen atoms in total. The van der Waals surface area contributed by atoms with Crippen LogP contribution in [0, 0.1) is 0 Å². The zero-order chi connectivity index (χ0) is 18.5. The molecule has 2 aliphatic rings. The van der Waals surface area contributed by atoms with Crippen molar-refractivity contribution in [1.29, 1.82) is 0 Å². The average Bonchev–Trinajstić information content (AvgIpc) is 3.26. The van der Waals surface area contributed by atoms with Gasteiger partial charge in [-0.1, -0.05) is 80.6 Å². The van der Waals surface area contributed by atoms with Gasteiger partial charge < -0.3 is 0 Å². The van der Waals surface area contributed by atoms with Gasteiger partial charge >= 0.3 is 0 Å². The lowest BCUT2D eigenvalue weighted by molar-refractivity contribution is 0.667. The van der Waals surface area contributed by atoms with Gasteiger partial charge in [0.15, 0.2) is 0 Å². The van der Waals surface area contributed by atoms with E-state index in [0.717, 1.165) is 22.6 Å². The zero-order valence-electron chi connectivity index (χ0n) is 17.6. The van der Waals surface area contributed by atoms with E-state index in [4.69, 9.17) is 0 Å². The van der Waals surface area contributed by atoms with Crippen LogP contribution in [-0.2, 0) is 0 Å². The Kier molecular flexibility index (Phi) is 8.02. The highest BCUT2D eigenvalue weighted by Gasteiger charge is 2.40. The molecular weight excluding hydrogens is 350 g/mol. The average molecular weight is 391 g/mol. The molecule has 2 heteroatoms. The van der Waals surface area contributed by atoms with Gasteiger partial charge in [-0.05, 0) is 84.6 Å². The quantitative estimate of drug-likeness (QED) is 0.406. The molecule has 146 valence electrons. The summed E-state index contributed by atoms with van der Waals surface area (Å²) in [5.74, 6) is 0. The first kappa shape index (κ1) is 20.8. The van der Waals surface area contributed by atoms with Crippen molar-refractivity contribution in [2.24, 2.45) is 0 Å². The highest BCUT2D eigenvalue weighted by molar-refractivity contribution is 7.73.